The van der Waals surface area contributed by atoms with Crippen LogP contribution in [0.25, 0.3) is 21.7 Å². The van der Waals surface area contributed by atoms with Crippen molar-refractivity contribution in [3.05, 3.63) is 54.0 Å². The normalized spacial score (nSPS) is 12.6. The molecule has 114 valence electrons. The smallest absolute Gasteiger partial charge is 0.247 e. The summed E-state index contributed by atoms with van der Waals surface area (Å²) in [5, 5.41) is 12.4. The molecule has 0 N–H and O–H groups in total. The van der Waals surface area contributed by atoms with Gasteiger partial charge in [-0.05, 0) is 30.5 Å². The predicted molar refractivity (Wildman–Crippen MR) is 91.4 cm³/mol. The van der Waals surface area contributed by atoms with E-state index in [9.17, 15) is 0 Å². The number of aromatic nitrogens is 4. The van der Waals surface area contributed by atoms with E-state index in [0.717, 1.165) is 20.8 Å². The Hall–Kier alpha value is -2.25. The summed E-state index contributed by atoms with van der Waals surface area (Å²) in [7, 11) is 0. The second kappa shape index (κ2) is 6.10. The molecule has 1 atom stereocenters. The summed E-state index contributed by atoms with van der Waals surface area (Å²) in [4.78, 5) is 9.64. The fourth-order valence-corrected chi connectivity index (χ4v) is 3.90. The topological polar surface area (TPSA) is 64.7 Å². The number of hydrogen-bond donors (Lipinski definition) is 0. The molecule has 0 bridgehead atoms. The van der Waals surface area contributed by atoms with Gasteiger partial charge in [-0.15, -0.1) is 21.5 Å². The van der Waals surface area contributed by atoms with Gasteiger partial charge >= 0.3 is 0 Å². The molecule has 0 amide bonds. The van der Waals surface area contributed by atoms with Gasteiger partial charge in [0.1, 0.15) is 16.2 Å². The molecule has 0 aliphatic heterocycles. The van der Waals surface area contributed by atoms with Crippen molar-refractivity contribution in [1.82, 2.24) is 20.2 Å². The fraction of sp³-hybridized carbons (Fsp3) is 0.125. The van der Waals surface area contributed by atoms with Gasteiger partial charge in [0.15, 0.2) is 0 Å². The molecule has 3 heterocycles. The lowest BCUT2D eigenvalue weighted by atomic mass is 10.2. The minimum absolute atomic E-state index is 0.0120. The molecule has 0 saturated heterocycles. The SMILES string of the molecule is C[C@@H](Sc1ncnc2sccc12)c1nnc(-c2ccccc2)o1. The van der Waals surface area contributed by atoms with Crippen LogP contribution >= 0.6 is 23.1 Å². The van der Waals surface area contributed by atoms with Crippen LogP contribution in [0, 0.1) is 0 Å². The molecule has 0 saturated carbocycles. The van der Waals surface area contributed by atoms with Gasteiger partial charge in [-0.2, -0.15) is 0 Å². The molecular weight excluding hydrogens is 328 g/mol. The fourth-order valence-electron chi connectivity index (χ4n) is 2.18. The van der Waals surface area contributed by atoms with Crippen molar-refractivity contribution < 1.29 is 4.42 Å². The molecule has 0 fully saturated rings. The molecule has 0 unspecified atom stereocenters. The molecule has 0 spiro atoms. The van der Waals surface area contributed by atoms with Crippen LogP contribution in [0.1, 0.15) is 18.1 Å². The Morgan fingerprint density at radius 3 is 2.83 bits per heavy atom. The van der Waals surface area contributed by atoms with Crippen molar-refractivity contribution in [1.29, 1.82) is 0 Å². The maximum atomic E-state index is 5.81. The summed E-state index contributed by atoms with van der Waals surface area (Å²) in [5.41, 5.74) is 0.922. The third-order valence-corrected chi connectivity index (χ3v) is 5.25. The van der Waals surface area contributed by atoms with Gasteiger partial charge in [0.05, 0.1) is 5.25 Å². The Kier molecular flexibility index (Phi) is 3.80. The Morgan fingerprint density at radius 2 is 1.96 bits per heavy atom. The molecule has 23 heavy (non-hydrogen) atoms. The van der Waals surface area contributed by atoms with E-state index in [1.54, 1.807) is 29.4 Å². The van der Waals surface area contributed by atoms with Gasteiger partial charge in [-0.3, -0.25) is 0 Å². The molecular formula is C16H12N4OS2. The Bertz CT molecular complexity index is 935. The molecule has 4 aromatic rings. The number of thioether (sulfide) groups is 1. The first-order valence-corrected chi connectivity index (χ1v) is 8.81. The molecule has 0 radical (unpaired) electrons. The maximum absolute atomic E-state index is 5.81. The first-order valence-electron chi connectivity index (χ1n) is 7.05. The lowest BCUT2D eigenvalue weighted by molar-refractivity contribution is 0.509. The quantitative estimate of drug-likeness (QED) is 0.400. The largest absolute Gasteiger partial charge is 0.419 e. The third-order valence-electron chi connectivity index (χ3n) is 3.32. The zero-order chi connectivity index (χ0) is 15.6. The van der Waals surface area contributed by atoms with Crippen LogP contribution in [-0.2, 0) is 0 Å². The van der Waals surface area contributed by atoms with Gasteiger partial charge in [-0.1, -0.05) is 30.0 Å². The van der Waals surface area contributed by atoms with E-state index in [2.05, 4.69) is 20.2 Å². The van der Waals surface area contributed by atoms with E-state index in [1.165, 1.54) is 0 Å². The zero-order valence-electron chi connectivity index (χ0n) is 12.2. The zero-order valence-corrected chi connectivity index (χ0v) is 13.8. The minimum Gasteiger partial charge on any atom is -0.419 e. The number of hydrogen-bond acceptors (Lipinski definition) is 7. The summed E-state index contributed by atoms with van der Waals surface area (Å²) in [6, 6.07) is 11.8. The van der Waals surface area contributed by atoms with E-state index in [1.807, 2.05) is 48.7 Å². The maximum Gasteiger partial charge on any atom is 0.247 e. The molecule has 4 rings (SSSR count). The third kappa shape index (κ3) is 2.85. The Balaban J connectivity index is 1.59. The highest BCUT2D eigenvalue weighted by atomic mass is 32.2. The summed E-state index contributed by atoms with van der Waals surface area (Å²) >= 11 is 3.21. The van der Waals surface area contributed by atoms with E-state index >= 15 is 0 Å². The lowest BCUT2D eigenvalue weighted by Gasteiger charge is -2.06. The highest BCUT2D eigenvalue weighted by molar-refractivity contribution is 7.99. The van der Waals surface area contributed by atoms with Gasteiger partial charge in [-0.25, -0.2) is 9.97 Å². The number of benzene rings is 1. The standard InChI is InChI=1S/C16H12N4OS2/c1-10(23-16-12-7-8-22-15(12)17-9-18-16)13-19-20-14(21-13)11-5-3-2-4-6-11/h2-10H,1H3/t10-/m1/s1. The molecule has 3 aromatic heterocycles. The van der Waals surface area contributed by atoms with Gasteiger partial charge in [0, 0.05) is 10.9 Å². The predicted octanol–water partition coefficient (Wildman–Crippen LogP) is 4.59. The molecule has 5 nitrogen and oxygen atoms in total. The van der Waals surface area contributed by atoms with Crippen LogP contribution in [0.3, 0.4) is 0 Å². The van der Waals surface area contributed by atoms with Gasteiger partial charge in [0.2, 0.25) is 11.8 Å². The summed E-state index contributed by atoms with van der Waals surface area (Å²) in [5.74, 6) is 1.13. The Morgan fingerprint density at radius 1 is 1.09 bits per heavy atom. The molecule has 7 heteroatoms. The van der Waals surface area contributed by atoms with Gasteiger partial charge in [0.25, 0.3) is 0 Å². The number of rotatable bonds is 4. The van der Waals surface area contributed by atoms with Crippen LogP contribution < -0.4 is 0 Å². The van der Waals surface area contributed by atoms with E-state index in [0.29, 0.717) is 11.8 Å². The van der Waals surface area contributed by atoms with Crippen LogP contribution in [0.15, 0.2) is 57.5 Å². The van der Waals surface area contributed by atoms with Crippen LogP contribution in [-0.4, -0.2) is 20.2 Å². The highest BCUT2D eigenvalue weighted by Gasteiger charge is 2.18. The molecule has 0 aliphatic carbocycles. The second-order valence-electron chi connectivity index (χ2n) is 4.89. The summed E-state index contributed by atoms with van der Waals surface area (Å²) in [6.45, 7) is 2.03. The van der Waals surface area contributed by atoms with Crippen LogP contribution in [0.2, 0.25) is 0 Å². The summed E-state index contributed by atoms with van der Waals surface area (Å²) < 4.78 is 5.81. The van der Waals surface area contributed by atoms with Crippen molar-refractivity contribution >= 4 is 33.3 Å². The number of nitrogens with zero attached hydrogens (tertiary/aromatic N) is 4. The first kappa shape index (κ1) is 14.3. The van der Waals surface area contributed by atoms with Gasteiger partial charge < -0.3 is 4.42 Å². The van der Waals surface area contributed by atoms with Crippen molar-refractivity contribution in [3.63, 3.8) is 0 Å². The summed E-state index contributed by atoms with van der Waals surface area (Å²) in [6.07, 6.45) is 1.59. The average molecular weight is 340 g/mol. The second-order valence-corrected chi connectivity index (χ2v) is 7.11. The number of thiophene rings is 1. The van der Waals surface area contributed by atoms with Crippen molar-refractivity contribution in [2.45, 2.75) is 17.2 Å². The number of fused-ring (bicyclic) bond motifs is 1. The van der Waals surface area contributed by atoms with E-state index in [-0.39, 0.29) is 5.25 Å². The van der Waals surface area contributed by atoms with Crippen molar-refractivity contribution in [2.24, 2.45) is 0 Å². The monoisotopic (exact) mass is 340 g/mol. The van der Waals surface area contributed by atoms with Crippen LogP contribution in [0.5, 0.6) is 0 Å². The lowest BCUT2D eigenvalue weighted by Crippen LogP contribution is -1.91. The van der Waals surface area contributed by atoms with Crippen molar-refractivity contribution in [3.8, 4) is 11.5 Å². The van der Waals surface area contributed by atoms with Crippen LogP contribution in [0.4, 0.5) is 0 Å². The minimum atomic E-state index is 0.0120. The average Bonchev–Trinajstić information content (AvgIpc) is 3.25. The van der Waals surface area contributed by atoms with E-state index < -0.39 is 0 Å². The first-order chi connectivity index (χ1) is 11.3. The molecule has 0 aliphatic rings. The Labute approximate surface area is 140 Å². The van der Waals surface area contributed by atoms with Crippen molar-refractivity contribution in [2.75, 3.05) is 0 Å². The van der Waals surface area contributed by atoms with E-state index in [4.69, 9.17) is 4.42 Å². The molecule has 1 aromatic carbocycles. The highest BCUT2D eigenvalue weighted by Crippen LogP contribution is 2.37.